The fraction of sp³-hybridized carbons (Fsp3) is 0.455. The maximum atomic E-state index is 5.64. The lowest BCUT2D eigenvalue weighted by molar-refractivity contribution is -0.108. The highest BCUT2D eigenvalue weighted by Crippen LogP contribution is 2.27. The first-order chi connectivity index (χ1) is 6.29. The first-order valence-corrected chi connectivity index (χ1v) is 4.67. The standard InChI is InChI=1S/C11H14O2/c1-3-11-12-7-9-5-4-8(2)6-10(9)13-11/h4-6,11H,3,7H2,1-2H3. The molecule has 1 aromatic carbocycles. The van der Waals surface area contributed by atoms with Crippen LogP contribution >= 0.6 is 0 Å². The second kappa shape index (κ2) is 3.38. The number of hydrogen-bond donors (Lipinski definition) is 0. The van der Waals surface area contributed by atoms with Crippen molar-refractivity contribution in [3.8, 4) is 5.75 Å². The van der Waals surface area contributed by atoms with Crippen molar-refractivity contribution in [2.45, 2.75) is 33.2 Å². The highest BCUT2D eigenvalue weighted by molar-refractivity contribution is 5.37. The van der Waals surface area contributed by atoms with Crippen LogP contribution < -0.4 is 4.74 Å². The number of aryl methyl sites for hydroxylation is 1. The minimum Gasteiger partial charge on any atom is -0.465 e. The van der Waals surface area contributed by atoms with Crippen molar-refractivity contribution in [3.05, 3.63) is 29.3 Å². The normalized spacial score (nSPS) is 20.6. The Hall–Kier alpha value is -1.02. The Balaban J connectivity index is 2.27. The summed E-state index contributed by atoms with van der Waals surface area (Å²) in [6.07, 6.45) is 0.835. The van der Waals surface area contributed by atoms with Crippen LogP contribution in [0.15, 0.2) is 18.2 Å². The topological polar surface area (TPSA) is 18.5 Å². The molecule has 1 heterocycles. The summed E-state index contributed by atoms with van der Waals surface area (Å²) in [6.45, 7) is 4.81. The van der Waals surface area contributed by atoms with Crippen molar-refractivity contribution < 1.29 is 9.47 Å². The lowest BCUT2D eigenvalue weighted by Crippen LogP contribution is -2.24. The molecule has 0 amide bonds. The molecule has 2 heteroatoms. The van der Waals surface area contributed by atoms with Crippen LogP contribution in [0, 0.1) is 6.92 Å². The van der Waals surface area contributed by atoms with Gasteiger partial charge in [0.05, 0.1) is 6.61 Å². The van der Waals surface area contributed by atoms with Gasteiger partial charge in [-0.25, -0.2) is 0 Å². The molecule has 70 valence electrons. The minimum absolute atomic E-state index is 0.0608. The van der Waals surface area contributed by atoms with Gasteiger partial charge >= 0.3 is 0 Å². The molecule has 0 aliphatic carbocycles. The summed E-state index contributed by atoms with van der Waals surface area (Å²) < 4.78 is 11.1. The number of rotatable bonds is 1. The average Bonchev–Trinajstić information content (AvgIpc) is 2.16. The van der Waals surface area contributed by atoms with Crippen LogP contribution in [0.3, 0.4) is 0 Å². The van der Waals surface area contributed by atoms with E-state index in [1.807, 2.05) is 0 Å². The molecule has 0 fully saturated rings. The van der Waals surface area contributed by atoms with Gasteiger partial charge in [0, 0.05) is 12.0 Å². The van der Waals surface area contributed by atoms with Crippen molar-refractivity contribution in [1.82, 2.24) is 0 Å². The molecule has 0 bridgehead atoms. The fourth-order valence-electron chi connectivity index (χ4n) is 1.45. The van der Waals surface area contributed by atoms with Gasteiger partial charge in [-0.1, -0.05) is 19.1 Å². The fourth-order valence-corrected chi connectivity index (χ4v) is 1.45. The molecule has 2 rings (SSSR count). The van der Waals surface area contributed by atoms with Gasteiger partial charge in [0.15, 0.2) is 6.29 Å². The van der Waals surface area contributed by atoms with E-state index >= 15 is 0 Å². The van der Waals surface area contributed by atoms with Gasteiger partial charge in [-0.2, -0.15) is 0 Å². The van der Waals surface area contributed by atoms with Gasteiger partial charge in [0.1, 0.15) is 5.75 Å². The zero-order valence-electron chi connectivity index (χ0n) is 8.04. The Labute approximate surface area is 78.5 Å². The van der Waals surface area contributed by atoms with Crippen molar-refractivity contribution >= 4 is 0 Å². The van der Waals surface area contributed by atoms with Gasteiger partial charge in [-0.15, -0.1) is 0 Å². The predicted molar refractivity (Wildman–Crippen MR) is 50.7 cm³/mol. The van der Waals surface area contributed by atoms with Gasteiger partial charge in [-0.05, 0) is 18.6 Å². The molecule has 13 heavy (non-hydrogen) atoms. The lowest BCUT2D eigenvalue weighted by atomic mass is 10.1. The smallest absolute Gasteiger partial charge is 0.199 e. The third kappa shape index (κ3) is 1.68. The van der Waals surface area contributed by atoms with Crippen LogP contribution in [0.5, 0.6) is 5.75 Å². The van der Waals surface area contributed by atoms with Gasteiger partial charge in [0.2, 0.25) is 0 Å². The largest absolute Gasteiger partial charge is 0.465 e. The maximum Gasteiger partial charge on any atom is 0.199 e. The van der Waals surface area contributed by atoms with E-state index in [4.69, 9.17) is 9.47 Å². The van der Waals surface area contributed by atoms with Crippen molar-refractivity contribution in [2.24, 2.45) is 0 Å². The maximum absolute atomic E-state index is 5.64. The first kappa shape index (κ1) is 8.57. The molecule has 0 radical (unpaired) electrons. The summed E-state index contributed by atoms with van der Waals surface area (Å²) in [6, 6.07) is 6.22. The molecule has 2 nitrogen and oxygen atoms in total. The van der Waals surface area contributed by atoms with E-state index < -0.39 is 0 Å². The van der Waals surface area contributed by atoms with E-state index in [9.17, 15) is 0 Å². The Kier molecular flexibility index (Phi) is 2.23. The van der Waals surface area contributed by atoms with E-state index in [2.05, 4.69) is 32.0 Å². The van der Waals surface area contributed by atoms with Crippen LogP contribution in [0.4, 0.5) is 0 Å². The van der Waals surface area contributed by atoms with E-state index in [1.165, 1.54) is 5.56 Å². The van der Waals surface area contributed by atoms with Crippen LogP contribution in [0.2, 0.25) is 0 Å². The van der Waals surface area contributed by atoms with E-state index in [-0.39, 0.29) is 6.29 Å². The van der Waals surface area contributed by atoms with E-state index in [1.54, 1.807) is 0 Å². The second-order valence-corrected chi connectivity index (χ2v) is 3.38. The Morgan fingerprint density at radius 1 is 1.46 bits per heavy atom. The molecule has 0 saturated heterocycles. The monoisotopic (exact) mass is 178 g/mol. The Morgan fingerprint density at radius 2 is 2.31 bits per heavy atom. The van der Waals surface area contributed by atoms with E-state index in [0.29, 0.717) is 6.61 Å². The molecule has 1 aliphatic rings. The van der Waals surface area contributed by atoms with Crippen LogP contribution in [0.25, 0.3) is 0 Å². The molecule has 0 N–H and O–H groups in total. The molecule has 1 aliphatic heterocycles. The SMILES string of the molecule is CCC1OCc2ccc(C)cc2O1. The van der Waals surface area contributed by atoms with Crippen LogP contribution in [-0.4, -0.2) is 6.29 Å². The molecule has 0 aromatic heterocycles. The highest BCUT2D eigenvalue weighted by Gasteiger charge is 2.17. The third-order valence-corrected chi connectivity index (χ3v) is 2.24. The third-order valence-electron chi connectivity index (χ3n) is 2.24. The van der Waals surface area contributed by atoms with Crippen molar-refractivity contribution in [2.75, 3.05) is 0 Å². The molecule has 0 saturated carbocycles. The second-order valence-electron chi connectivity index (χ2n) is 3.38. The summed E-state index contributed by atoms with van der Waals surface area (Å²) in [4.78, 5) is 0. The Bertz CT molecular complexity index is 307. The zero-order chi connectivity index (χ0) is 9.26. The van der Waals surface area contributed by atoms with E-state index in [0.717, 1.165) is 17.7 Å². The molecular weight excluding hydrogens is 164 g/mol. The van der Waals surface area contributed by atoms with Gasteiger partial charge in [0.25, 0.3) is 0 Å². The van der Waals surface area contributed by atoms with Crippen LogP contribution in [-0.2, 0) is 11.3 Å². The van der Waals surface area contributed by atoms with Crippen LogP contribution in [0.1, 0.15) is 24.5 Å². The molecular formula is C11H14O2. The zero-order valence-corrected chi connectivity index (χ0v) is 8.04. The number of benzene rings is 1. The van der Waals surface area contributed by atoms with Crippen molar-refractivity contribution in [3.63, 3.8) is 0 Å². The van der Waals surface area contributed by atoms with Crippen molar-refractivity contribution in [1.29, 1.82) is 0 Å². The number of ether oxygens (including phenoxy) is 2. The van der Waals surface area contributed by atoms with Gasteiger partial charge < -0.3 is 9.47 Å². The lowest BCUT2D eigenvalue weighted by Gasteiger charge is -2.25. The predicted octanol–water partition coefficient (Wildman–Crippen LogP) is 2.64. The molecule has 0 spiro atoms. The molecule has 1 aromatic rings. The summed E-state index contributed by atoms with van der Waals surface area (Å²) >= 11 is 0. The highest BCUT2D eigenvalue weighted by atomic mass is 16.7. The number of hydrogen-bond acceptors (Lipinski definition) is 2. The van der Waals surface area contributed by atoms with Gasteiger partial charge in [-0.3, -0.25) is 0 Å². The molecule has 1 atom stereocenters. The summed E-state index contributed by atoms with van der Waals surface area (Å²) in [5, 5.41) is 0. The summed E-state index contributed by atoms with van der Waals surface area (Å²) in [5.74, 6) is 0.984. The average molecular weight is 178 g/mol. The quantitative estimate of drug-likeness (QED) is 0.658. The minimum atomic E-state index is -0.0608. The molecule has 1 unspecified atom stereocenters. The number of fused-ring (bicyclic) bond motifs is 1. The first-order valence-electron chi connectivity index (χ1n) is 4.67. The summed E-state index contributed by atoms with van der Waals surface area (Å²) in [7, 11) is 0. The Morgan fingerprint density at radius 3 is 3.08 bits per heavy atom. The summed E-state index contributed by atoms with van der Waals surface area (Å²) in [5.41, 5.74) is 2.38.